The first-order valence-electron chi connectivity index (χ1n) is 22.0. The largest absolute Gasteiger partial charge is 0.409 e. The van der Waals surface area contributed by atoms with Gasteiger partial charge >= 0.3 is 0 Å². The third-order valence-electron chi connectivity index (χ3n) is 13.5. The van der Waals surface area contributed by atoms with E-state index < -0.39 is 25.0 Å². The van der Waals surface area contributed by atoms with Gasteiger partial charge in [-0.3, -0.25) is 0 Å². The highest BCUT2D eigenvalue weighted by molar-refractivity contribution is 6.99. The Hall–Kier alpha value is -1.63. The number of hydrogen-bond acceptors (Lipinski definition) is 5. The van der Waals surface area contributed by atoms with Crippen LogP contribution < -0.4 is 10.4 Å². The highest BCUT2D eigenvalue weighted by Crippen LogP contribution is 2.46. The van der Waals surface area contributed by atoms with Crippen molar-refractivity contribution < 1.29 is 22.8 Å². The van der Waals surface area contributed by atoms with Crippen LogP contribution in [-0.4, -0.2) is 63.3 Å². The monoisotopic (exact) mass is 837 g/mol. The van der Waals surface area contributed by atoms with E-state index in [1.165, 1.54) is 15.9 Å². The smallest absolute Gasteiger partial charge is 0.261 e. The Balaban J connectivity index is 2.03. The number of ether oxygens (including phenoxy) is 2. The van der Waals surface area contributed by atoms with Gasteiger partial charge in [-0.1, -0.05) is 183 Å². The summed E-state index contributed by atoms with van der Waals surface area (Å²) in [4.78, 5) is 0. The van der Waals surface area contributed by atoms with E-state index in [4.69, 9.17) is 22.8 Å². The van der Waals surface area contributed by atoms with Gasteiger partial charge < -0.3 is 22.8 Å². The van der Waals surface area contributed by atoms with Crippen molar-refractivity contribution >= 4 is 35.3 Å². The van der Waals surface area contributed by atoms with Gasteiger partial charge in [0.1, 0.15) is 0 Å². The standard InChI is InChI=1S/C49H84O5Si3/c1-35(2)56(36(3)4,37(5)6)53-45(39(8)33-40(9)46-44(50-17)34-41(10)47(52-46)54-55(18,19)48(11,12)13)38(7)27-26-32-51-57(49(14,15)16,42-28-22-20-23-29-42)43-30-24-21-25-31-43/h20-31,33,35-38,40-41,44-47H,32,34H2,1-19H3/b27-26-,39-33+/t38-,40-,41-,44-,45+,46+,47+/m0/s1. The lowest BCUT2D eigenvalue weighted by molar-refractivity contribution is -0.229. The van der Waals surface area contributed by atoms with Gasteiger partial charge in [0.05, 0.1) is 24.9 Å². The third-order valence-corrected chi connectivity index (χ3v) is 29.0. The molecule has 1 heterocycles. The maximum atomic E-state index is 7.72. The molecule has 0 aromatic heterocycles. The van der Waals surface area contributed by atoms with Crippen LogP contribution in [-0.2, 0) is 22.8 Å². The number of hydrogen-bond donors (Lipinski definition) is 0. The topological polar surface area (TPSA) is 46.2 Å². The van der Waals surface area contributed by atoms with E-state index in [0.29, 0.717) is 23.2 Å². The SMILES string of the molecule is CO[C@H]1C[C@H](C)[C@@H](O[Si](C)(C)C(C)(C)C)O[C@@H]1[C@@H](C)/C=C(\C)[C@H](O[Si](C(C)C)(C(C)C)C(C)C)[C@@H](C)/C=C\CO[Si](c1ccccc1)(c1ccccc1)C(C)(C)C. The first-order valence-corrected chi connectivity index (χ1v) is 29.0. The van der Waals surface area contributed by atoms with E-state index in [9.17, 15) is 0 Å². The molecule has 0 spiro atoms. The Labute approximate surface area is 354 Å². The van der Waals surface area contributed by atoms with Crippen molar-refractivity contribution in [1.82, 2.24) is 0 Å². The van der Waals surface area contributed by atoms with Gasteiger partial charge in [0.2, 0.25) is 8.32 Å². The molecule has 1 saturated heterocycles. The van der Waals surface area contributed by atoms with Gasteiger partial charge in [0.25, 0.3) is 8.32 Å². The Bertz CT molecular complexity index is 1500. The lowest BCUT2D eigenvalue weighted by Gasteiger charge is -2.47. The minimum Gasteiger partial charge on any atom is -0.409 e. The second-order valence-corrected chi connectivity index (χ2v) is 35.2. The van der Waals surface area contributed by atoms with E-state index in [2.05, 4.69) is 203 Å². The Morgan fingerprint density at radius 3 is 1.70 bits per heavy atom. The second kappa shape index (κ2) is 20.3. The number of benzene rings is 2. The zero-order chi connectivity index (χ0) is 43.1. The van der Waals surface area contributed by atoms with E-state index in [-0.39, 0.29) is 52.4 Å². The second-order valence-electron chi connectivity index (χ2n) is 20.7. The lowest BCUT2D eigenvalue weighted by Crippen LogP contribution is -2.66. The van der Waals surface area contributed by atoms with Crippen molar-refractivity contribution in [2.45, 2.75) is 182 Å². The minimum atomic E-state index is -2.66. The predicted molar refractivity (Wildman–Crippen MR) is 252 cm³/mol. The Morgan fingerprint density at radius 2 is 1.28 bits per heavy atom. The van der Waals surface area contributed by atoms with Gasteiger partial charge in [-0.2, -0.15) is 0 Å². The molecular weight excluding hydrogens is 753 g/mol. The van der Waals surface area contributed by atoms with Gasteiger partial charge in [0.15, 0.2) is 14.6 Å². The average molecular weight is 837 g/mol. The first kappa shape index (κ1) is 49.7. The molecule has 8 heteroatoms. The van der Waals surface area contributed by atoms with Gasteiger partial charge in [-0.05, 0) is 69.1 Å². The average Bonchev–Trinajstić information content (AvgIpc) is 3.11. The quantitative estimate of drug-likeness (QED) is 0.111. The molecule has 3 rings (SSSR count). The summed E-state index contributed by atoms with van der Waals surface area (Å²) in [5.74, 6) is 0.473. The predicted octanol–water partition coefficient (Wildman–Crippen LogP) is 12.7. The molecule has 0 N–H and O–H groups in total. The molecule has 1 aliphatic rings. The molecule has 1 aliphatic heterocycles. The molecule has 1 fully saturated rings. The van der Waals surface area contributed by atoms with Crippen molar-refractivity contribution in [2.75, 3.05) is 13.7 Å². The highest BCUT2D eigenvalue weighted by atomic mass is 28.4. The molecule has 2 aromatic carbocycles. The molecule has 5 nitrogen and oxygen atoms in total. The molecular formula is C49H84O5Si3. The van der Waals surface area contributed by atoms with Crippen LogP contribution in [0.3, 0.4) is 0 Å². The van der Waals surface area contributed by atoms with Gasteiger partial charge in [0, 0.05) is 24.9 Å². The van der Waals surface area contributed by atoms with E-state index in [1.54, 1.807) is 0 Å². The molecule has 0 unspecified atom stereocenters. The van der Waals surface area contributed by atoms with Crippen molar-refractivity contribution in [3.05, 3.63) is 84.5 Å². The van der Waals surface area contributed by atoms with Crippen LogP contribution in [0.2, 0.25) is 39.8 Å². The normalized spacial score (nSPS) is 22.5. The number of rotatable bonds is 18. The molecule has 0 aliphatic carbocycles. The van der Waals surface area contributed by atoms with E-state index in [1.807, 2.05) is 7.11 Å². The summed E-state index contributed by atoms with van der Waals surface area (Å²) in [5.41, 5.74) is 2.66. The summed E-state index contributed by atoms with van der Waals surface area (Å²) in [5, 5.41) is 2.61. The summed E-state index contributed by atoms with van der Waals surface area (Å²) < 4.78 is 35.0. The first-order chi connectivity index (χ1) is 26.4. The molecule has 0 bridgehead atoms. The van der Waals surface area contributed by atoms with Crippen molar-refractivity contribution in [1.29, 1.82) is 0 Å². The van der Waals surface area contributed by atoms with Crippen LogP contribution >= 0.6 is 0 Å². The lowest BCUT2D eigenvalue weighted by atomic mass is 9.87. The van der Waals surface area contributed by atoms with Crippen molar-refractivity contribution in [2.24, 2.45) is 17.8 Å². The maximum Gasteiger partial charge on any atom is 0.261 e. The van der Waals surface area contributed by atoms with Crippen LogP contribution in [0.1, 0.15) is 117 Å². The number of methoxy groups -OCH3 is 1. The van der Waals surface area contributed by atoms with Crippen LogP contribution in [0.15, 0.2) is 84.5 Å². The molecule has 0 radical (unpaired) electrons. The summed E-state index contributed by atoms with van der Waals surface area (Å²) in [6.07, 6.45) is 7.48. The van der Waals surface area contributed by atoms with Crippen LogP contribution in [0.4, 0.5) is 0 Å². The fourth-order valence-electron chi connectivity index (χ4n) is 9.45. The highest BCUT2D eigenvalue weighted by Gasteiger charge is 2.51. The summed E-state index contributed by atoms with van der Waals surface area (Å²) in [7, 11) is -5.13. The van der Waals surface area contributed by atoms with Crippen LogP contribution in [0.25, 0.3) is 0 Å². The van der Waals surface area contributed by atoms with E-state index in [0.717, 1.165) is 6.42 Å². The van der Waals surface area contributed by atoms with Crippen LogP contribution in [0.5, 0.6) is 0 Å². The molecule has 0 saturated carbocycles. The van der Waals surface area contributed by atoms with E-state index >= 15 is 0 Å². The fourth-order valence-corrected chi connectivity index (χ4v) is 20.8. The third kappa shape index (κ3) is 11.4. The maximum absolute atomic E-state index is 7.72. The zero-order valence-corrected chi connectivity index (χ0v) is 42.7. The van der Waals surface area contributed by atoms with Crippen molar-refractivity contribution in [3.63, 3.8) is 0 Å². The van der Waals surface area contributed by atoms with Crippen molar-refractivity contribution in [3.8, 4) is 0 Å². The van der Waals surface area contributed by atoms with Gasteiger partial charge in [-0.25, -0.2) is 0 Å². The van der Waals surface area contributed by atoms with Crippen LogP contribution in [0, 0.1) is 17.8 Å². The molecule has 2 aromatic rings. The molecule has 57 heavy (non-hydrogen) atoms. The summed E-state index contributed by atoms with van der Waals surface area (Å²) in [6, 6.07) is 21.8. The summed E-state index contributed by atoms with van der Waals surface area (Å²) >= 11 is 0. The van der Waals surface area contributed by atoms with Gasteiger partial charge in [-0.15, -0.1) is 0 Å². The minimum absolute atomic E-state index is 0.0101. The molecule has 322 valence electrons. The fraction of sp³-hybridized carbons (Fsp3) is 0.673. The molecule has 7 atom stereocenters. The Kier molecular flexibility index (Phi) is 17.7. The Morgan fingerprint density at radius 1 is 0.789 bits per heavy atom. The summed E-state index contributed by atoms with van der Waals surface area (Å²) in [6.45, 7) is 42.5. The zero-order valence-electron chi connectivity index (χ0n) is 39.7. The molecule has 0 amide bonds.